The Morgan fingerprint density at radius 3 is 2.30 bits per heavy atom. The minimum absolute atomic E-state index is 0.0229. The van der Waals surface area contributed by atoms with Crippen LogP contribution in [0.15, 0.2) is 45.6 Å². The summed E-state index contributed by atoms with van der Waals surface area (Å²) >= 11 is 1.25. The van der Waals surface area contributed by atoms with Gasteiger partial charge in [-0.3, -0.25) is 14.5 Å². The number of ether oxygens (including phenoxy) is 3. The number of anilines is 1. The second-order valence-corrected chi connectivity index (χ2v) is 8.47. The predicted octanol–water partition coefficient (Wildman–Crippen LogP) is 3.73. The number of fused-ring (bicyclic) bond motifs is 2. The third-order valence-electron chi connectivity index (χ3n) is 5.50. The quantitative estimate of drug-likeness (QED) is 0.439. The number of amides is 1. The van der Waals surface area contributed by atoms with Crippen molar-refractivity contribution in [3.05, 3.63) is 68.5 Å². The average molecular weight is 465 g/mol. The summed E-state index contributed by atoms with van der Waals surface area (Å²) in [6, 6.07) is 9.44. The third-order valence-corrected chi connectivity index (χ3v) is 6.34. The van der Waals surface area contributed by atoms with Crippen LogP contribution in [-0.4, -0.2) is 37.4 Å². The molecule has 2 aromatic carbocycles. The van der Waals surface area contributed by atoms with Crippen LogP contribution >= 0.6 is 11.3 Å². The topological polar surface area (TPSA) is 104 Å². The van der Waals surface area contributed by atoms with Crippen LogP contribution in [0.3, 0.4) is 0 Å². The smallest absolute Gasteiger partial charge is 0.297 e. The van der Waals surface area contributed by atoms with E-state index in [9.17, 15) is 9.59 Å². The zero-order valence-electron chi connectivity index (χ0n) is 18.2. The van der Waals surface area contributed by atoms with Crippen molar-refractivity contribution in [2.75, 3.05) is 26.2 Å². The van der Waals surface area contributed by atoms with Gasteiger partial charge in [-0.1, -0.05) is 23.5 Å². The van der Waals surface area contributed by atoms with Crippen molar-refractivity contribution in [2.24, 2.45) is 0 Å². The van der Waals surface area contributed by atoms with Crippen LogP contribution in [0.4, 0.5) is 5.13 Å². The molecule has 0 bridgehead atoms. The van der Waals surface area contributed by atoms with Crippen LogP contribution in [0.1, 0.15) is 32.7 Å². The number of carbonyl (C=O) groups is 1. The Balaban J connectivity index is 1.83. The molecular weight excluding hydrogens is 446 g/mol. The molecule has 1 unspecified atom stereocenters. The molecular formula is C23H19N3O6S. The largest absolute Gasteiger partial charge is 0.493 e. The molecule has 0 aliphatic carbocycles. The maximum absolute atomic E-state index is 13.6. The van der Waals surface area contributed by atoms with Gasteiger partial charge in [-0.15, -0.1) is 10.2 Å². The van der Waals surface area contributed by atoms with E-state index in [0.29, 0.717) is 43.9 Å². The molecule has 0 saturated heterocycles. The molecule has 0 spiro atoms. The Morgan fingerprint density at radius 2 is 1.70 bits per heavy atom. The molecule has 0 radical (unpaired) electrons. The van der Waals surface area contributed by atoms with Crippen LogP contribution in [0, 0.1) is 6.92 Å². The first-order valence-corrected chi connectivity index (χ1v) is 10.8. The molecule has 1 aliphatic rings. The molecule has 168 valence electrons. The first-order valence-electron chi connectivity index (χ1n) is 9.97. The number of hydrogen-bond acceptors (Lipinski definition) is 9. The Hall–Kier alpha value is -3.92. The van der Waals surface area contributed by atoms with Crippen LogP contribution in [0.5, 0.6) is 17.2 Å². The zero-order chi connectivity index (χ0) is 23.3. The fourth-order valence-corrected chi connectivity index (χ4v) is 4.79. The minimum atomic E-state index is -0.825. The maximum atomic E-state index is 13.6. The molecule has 1 amide bonds. The third kappa shape index (κ3) is 3.13. The lowest BCUT2D eigenvalue weighted by Gasteiger charge is -2.23. The Labute approximate surface area is 192 Å². The Morgan fingerprint density at radius 1 is 1.00 bits per heavy atom. The van der Waals surface area contributed by atoms with E-state index in [-0.39, 0.29) is 16.8 Å². The molecule has 1 atom stereocenters. The van der Waals surface area contributed by atoms with Crippen molar-refractivity contribution in [1.82, 2.24) is 10.2 Å². The molecule has 0 N–H and O–H groups in total. The van der Waals surface area contributed by atoms with E-state index in [4.69, 9.17) is 18.6 Å². The summed E-state index contributed by atoms with van der Waals surface area (Å²) in [6.45, 7) is 1.79. The summed E-state index contributed by atoms with van der Waals surface area (Å²) in [5.41, 5.74) is 0.851. The van der Waals surface area contributed by atoms with E-state index in [1.54, 1.807) is 43.3 Å². The van der Waals surface area contributed by atoms with Crippen molar-refractivity contribution in [3.63, 3.8) is 0 Å². The fraction of sp³-hybridized carbons (Fsp3) is 0.217. The molecule has 1 aliphatic heterocycles. The highest BCUT2D eigenvalue weighted by molar-refractivity contribution is 7.15. The van der Waals surface area contributed by atoms with Gasteiger partial charge in [0.1, 0.15) is 10.6 Å². The number of rotatable bonds is 5. The van der Waals surface area contributed by atoms with Crippen molar-refractivity contribution in [2.45, 2.75) is 13.0 Å². The van der Waals surface area contributed by atoms with E-state index >= 15 is 0 Å². The highest BCUT2D eigenvalue weighted by Crippen LogP contribution is 2.46. The summed E-state index contributed by atoms with van der Waals surface area (Å²) < 4.78 is 22.4. The molecule has 10 heteroatoms. The monoisotopic (exact) mass is 465 g/mol. The summed E-state index contributed by atoms with van der Waals surface area (Å²) in [6.07, 6.45) is 0. The van der Waals surface area contributed by atoms with Crippen molar-refractivity contribution in [1.29, 1.82) is 0 Å². The van der Waals surface area contributed by atoms with Crippen molar-refractivity contribution in [3.8, 4) is 17.2 Å². The number of carbonyl (C=O) groups excluding carboxylic acids is 1. The highest BCUT2D eigenvalue weighted by atomic mass is 32.1. The number of aryl methyl sites for hydroxylation is 1. The molecule has 3 heterocycles. The molecule has 0 fully saturated rings. The molecule has 2 aromatic heterocycles. The number of nitrogens with zero attached hydrogens (tertiary/aromatic N) is 3. The lowest BCUT2D eigenvalue weighted by Crippen LogP contribution is -2.29. The van der Waals surface area contributed by atoms with Gasteiger partial charge in [-0.25, -0.2) is 0 Å². The van der Waals surface area contributed by atoms with E-state index in [1.807, 2.05) is 0 Å². The average Bonchev–Trinajstić information content (AvgIpc) is 3.39. The molecule has 4 aromatic rings. The first kappa shape index (κ1) is 21.0. The second kappa shape index (κ2) is 7.89. The van der Waals surface area contributed by atoms with Gasteiger partial charge >= 0.3 is 0 Å². The summed E-state index contributed by atoms with van der Waals surface area (Å²) in [7, 11) is 4.51. The van der Waals surface area contributed by atoms with Crippen molar-refractivity contribution < 1.29 is 23.4 Å². The number of benzene rings is 2. The van der Waals surface area contributed by atoms with Crippen LogP contribution in [0.2, 0.25) is 0 Å². The first-order chi connectivity index (χ1) is 16.0. The lowest BCUT2D eigenvalue weighted by atomic mass is 9.98. The Kier molecular flexibility index (Phi) is 5.01. The van der Waals surface area contributed by atoms with E-state index in [1.165, 1.54) is 37.6 Å². The zero-order valence-corrected chi connectivity index (χ0v) is 19.1. The summed E-state index contributed by atoms with van der Waals surface area (Å²) in [5.74, 6) is 0.697. The lowest BCUT2D eigenvalue weighted by molar-refractivity contribution is 0.0970. The molecule has 9 nitrogen and oxygen atoms in total. The van der Waals surface area contributed by atoms with Gasteiger partial charge in [0, 0.05) is 0 Å². The van der Waals surface area contributed by atoms with Crippen LogP contribution < -0.4 is 24.5 Å². The normalized spacial score (nSPS) is 15.1. The molecule has 33 heavy (non-hydrogen) atoms. The van der Waals surface area contributed by atoms with Gasteiger partial charge in [-0.2, -0.15) is 0 Å². The van der Waals surface area contributed by atoms with Crippen LogP contribution in [0.25, 0.3) is 11.0 Å². The van der Waals surface area contributed by atoms with Gasteiger partial charge in [-0.05, 0) is 36.8 Å². The molecule has 5 rings (SSSR count). The standard InChI is InChI=1S/C23H19N3O6S/c1-11-24-25-23(33-11)26-18(12-9-15(29-2)20(31-4)16(10-12)30-3)17-19(27)13-7-5-6-8-14(13)32-21(17)22(26)28/h5-10,18H,1-4H3. The summed E-state index contributed by atoms with van der Waals surface area (Å²) in [4.78, 5) is 28.6. The second-order valence-electron chi connectivity index (χ2n) is 7.31. The summed E-state index contributed by atoms with van der Waals surface area (Å²) in [5, 5.41) is 9.64. The fourth-order valence-electron chi connectivity index (χ4n) is 4.08. The Bertz CT molecular complexity index is 1440. The highest BCUT2D eigenvalue weighted by Gasteiger charge is 2.45. The van der Waals surface area contributed by atoms with E-state index in [0.717, 1.165) is 0 Å². The van der Waals surface area contributed by atoms with Gasteiger partial charge in [0.15, 0.2) is 16.9 Å². The van der Waals surface area contributed by atoms with Gasteiger partial charge in [0.2, 0.25) is 16.6 Å². The van der Waals surface area contributed by atoms with Crippen molar-refractivity contribution >= 4 is 33.3 Å². The number of para-hydroxylation sites is 1. The number of hydrogen-bond donors (Lipinski definition) is 0. The van der Waals surface area contributed by atoms with Gasteiger partial charge < -0.3 is 18.6 Å². The van der Waals surface area contributed by atoms with Gasteiger partial charge in [0.25, 0.3) is 5.91 Å². The maximum Gasteiger partial charge on any atom is 0.297 e. The number of aromatic nitrogens is 2. The van der Waals surface area contributed by atoms with E-state index < -0.39 is 11.9 Å². The van der Waals surface area contributed by atoms with Crippen LogP contribution in [-0.2, 0) is 0 Å². The molecule has 0 saturated carbocycles. The van der Waals surface area contributed by atoms with E-state index in [2.05, 4.69) is 10.2 Å². The minimum Gasteiger partial charge on any atom is -0.493 e. The predicted molar refractivity (Wildman–Crippen MR) is 122 cm³/mol. The number of methoxy groups -OCH3 is 3. The SMILES string of the molecule is COc1cc(C2c3c(oc4ccccc4c3=O)C(=O)N2c2nnc(C)s2)cc(OC)c1OC. The van der Waals surface area contributed by atoms with Gasteiger partial charge in [0.05, 0.1) is 38.3 Å².